The molecule has 0 atom stereocenters. The van der Waals surface area contributed by atoms with Crippen molar-refractivity contribution in [3.8, 4) is 11.5 Å². The van der Waals surface area contributed by atoms with Crippen molar-refractivity contribution in [2.45, 2.75) is 18.4 Å². The first kappa shape index (κ1) is 23.9. The van der Waals surface area contributed by atoms with Crippen LogP contribution < -0.4 is 19.1 Å². The molecule has 0 aliphatic heterocycles. The number of nitrogens with zero attached hydrogens (tertiary/aromatic N) is 1. The predicted octanol–water partition coefficient (Wildman–Crippen LogP) is 4.23. The number of hydrogen-bond acceptors (Lipinski definition) is 6. The summed E-state index contributed by atoms with van der Waals surface area (Å²) in [5.74, 6) is -0.489. The van der Waals surface area contributed by atoms with Crippen LogP contribution in [0.2, 0.25) is 0 Å². The summed E-state index contributed by atoms with van der Waals surface area (Å²) in [6.45, 7) is 3.03. The second-order valence-corrected chi connectivity index (χ2v) is 8.84. The minimum atomic E-state index is -3.99. The molecule has 0 spiro atoms. The fourth-order valence-corrected chi connectivity index (χ4v) is 4.48. The molecule has 2 N–H and O–H groups in total. The van der Waals surface area contributed by atoms with E-state index < -0.39 is 16.0 Å². The van der Waals surface area contributed by atoms with E-state index in [0.717, 1.165) is 5.56 Å². The third-order valence-corrected chi connectivity index (χ3v) is 6.46. The first-order chi connectivity index (χ1) is 15.8. The van der Waals surface area contributed by atoms with E-state index in [1.54, 1.807) is 12.1 Å². The van der Waals surface area contributed by atoms with Crippen molar-refractivity contribution < 1.29 is 27.8 Å². The number of ether oxygens (including phenoxy) is 2. The fraction of sp³-hybridized carbons (Fsp3) is 0.208. The van der Waals surface area contributed by atoms with Gasteiger partial charge in [0.05, 0.1) is 30.4 Å². The second kappa shape index (κ2) is 10.3. The Morgan fingerprint density at radius 2 is 1.67 bits per heavy atom. The molecule has 3 aromatic carbocycles. The molecule has 3 rings (SSSR count). The monoisotopic (exact) mass is 470 g/mol. The first-order valence-corrected chi connectivity index (χ1v) is 11.7. The summed E-state index contributed by atoms with van der Waals surface area (Å²) in [5.41, 5.74) is 1.68. The van der Waals surface area contributed by atoms with Gasteiger partial charge in [-0.1, -0.05) is 30.3 Å². The Morgan fingerprint density at radius 1 is 0.970 bits per heavy atom. The minimum Gasteiger partial charge on any atom is -0.493 e. The number of hydrogen-bond donors (Lipinski definition) is 2. The van der Waals surface area contributed by atoms with Crippen LogP contribution in [0.3, 0.4) is 0 Å². The van der Waals surface area contributed by atoms with Gasteiger partial charge >= 0.3 is 5.97 Å². The Balaban J connectivity index is 1.92. The topological polar surface area (TPSA) is 105 Å². The van der Waals surface area contributed by atoms with Gasteiger partial charge in [0.1, 0.15) is 0 Å². The van der Waals surface area contributed by atoms with E-state index >= 15 is 0 Å². The lowest BCUT2D eigenvalue weighted by Crippen LogP contribution is -2.24. The highest BCUT2D eigenvalue weighted by Crippen LogP contribution is 2.31. The number of rotatable bonds is 10. The summed E-state index contributed by atoms with van der Waals surface area (Å²) in [7, 11) is -1.13. The molecule has 0 aliphatic carbocycles. The summed E-state index contributed by atoms with van der Waals surface area (Å²) in [4.78, 5) is 13.9. The molecule has 0 aromatic heterocycles. The molecular formula is C24H26N2O6S. The van der Waals surface area contributed by atoms with Crippen molar-refractivity contribution in [1.82, 2.24) is 0 Å². The Morgan fingerprint density at radius 3 is 2.27 bits per heavy atom. The molecule has 8 nitrogen and oxygen atoms in total. The van der Waals surface area contributed by atoms with Crippen LogP contribution in [0.4, 0.5) is 11.4 Å². The van der Waals surface area contributed by atoms with Crippen molar-refractivity contribution in [2.75, 3.05) is 30.4 Å². The van der Waals surface area contributed by atoms with Crippen LogP contribution in [-0.4, -0.2) is 40.3 Å². The van der Waals surface area contributed by atoms with E-state index in [1.165, 1.54) is 38.5 Å². The predicted molar refractivity (Wildman–Crippen MR) is 127 cm³/mol. The van der Waals surface area contributed by atoms with Crippen LogP contribution in [0.25, 0.3) is 0 Å². The van der Waals surface area contributed by atoms with E-state index in [2.05, 4.69) is 4.72 Å². The van der Waals surface area contributed by atoms with Gasteiger partial charge in [0.25, 0.3) is 10.0 Å². The molecule has 0 saturated carbocycles. The van der Waals surface area contributed by atoms with Gasteiger partial charge in [-0.25, -0.2) is 13.2 Å². The number of carboxylic acids is 1. The Bertz CT molecular complexity index is 1230. The number of benzene rings is 3. The number of anilines is 2. The second-order valence-electron chi connectivity index (χ2n) is 7.16. The molecule has 0 fully saturated rings. The fourth-order valence-electron chi connectivity index (χ4n) is 3.42. The van der Waals surface area contributed by atoms with Gasteiger partial charge in [-0.2, -0.15) is 0 Å². The lowest BCUT2D eigenvalue weighted by Gasteiger charge is -2.25. The van der Waals surface area contributed by atoms with E-state index in [9.17, 15) is 18.3 Å². The third kappa shape index (κ3) is 5.56. The van der Waals surface area contributed by atoms with Gasteiger partial charge in [-0.05, 0) is 42.8 Å². The third-order valence-electron chi connectivity index (χ3n) is 5.08. The van der Waals surface area contributed by atoms with Crippen molar-refractivity contribution in [3.05, 3.63) is 77.9 Å². The maximum atomic E-state index is 12.9. The van der Waals surface area contributed by atoms with Crippen LogP contribution in [0.5, 0.6) is 11.5 Å². The van der Waals surface area contributed by atoms with Gasteiger partial charge in [0.15, 0.2) is 11.5 Å². The highest BCUT2D eigenvalue weighted by molar-refractivity contribution is 7.92. The molecule has 9 heteroatoms. The molecule has 0 amide bonds. The summed E-state index contributed by atoms with van der Waals surface area (Å²) in [6.07, 6.45) is 0. The van der Waals surface area contributed by atoms with Crippen LogP contribution in [0.1, 0.15) is 22.8 Å². The number of methoxy groups -OCH3 is 2. The van der Waals surface area contributed by atoms with Crippen LogP contribution in [-0.2, 0) is 16.6 Å². The highest BCUT2D eigenvalue weighted by Gasteiger charge is 2.21. The smallest absolute Gasteiger partial charge is 0.337 e. The SMILES string of the molecule is CCN(Cc1ccccc1)c1ccc(NS(=O)(=O)c2ccc(OC)c(OC)c2)cc1C(=O)O. The average Bonchev–Trinajstić information content (AvgIpc) is 2.82. The quantitative estimate of drug-likeness (QED) is 0.457. The van der Waals surface area contributed by atoms with E-state index in [1.807, 2.05) is 42.2 Å². The number of aromatic carboxylic acids is 1. The summed E-state index contributed by atoms with van der Waals surface area (Å²) < 4.78 is 38.6. The van der Waals surface area contributed by atoms with Crippen molar-refractivity contribution in [3.63, 3.8) is 0 Å². The van der Waals surface area contributed by atoms with Crippen LogP contribution in [0, 0.1) is 0 Å². The standard InChI is InChI=1S/C24H26N2O6S/c1-4-26(16-17-8-6-5-7-9-17)21-12-10-18(14-20(21)24(27)28)25-33(29,30)19-11-13-22(31-2)23(15-19)32-3/h5-15,25H,4,16H2,1-3H3,(H,27,28). The molecule has 174 valence electrons. The Hall–Kier alpha value is -3.72. The van der Waals surface area contributed by atoms with Gasteiger partial charge in [0, 0.05) is 24.8 Å². The Kier molecular flexibility index (Phi) is 7.44. The van der Waals surface area contributed by atoms with E-state index in [-0.39, 0.29) is 21.9 Å². The molecule has 0 bridgehead atoms. The van der Waals surface area contributed by atoms with Crippen molar-refractivity contribution >= 4 is 27.4 Å². The number of sulfonamides is 1. The minimum absolute atomic E-state index is 0.000271. The molecular weight excluding hydrogens is 444 g/mol. The molecule has 0 heterocycles. The molecule has 33 heavy (non-hydrogen) atoms. The van der Waals surface area contributed by atoms with Crippen LogP contribution >= 0.6 is 0 Å². The van der Waals surface area contributed by atoms with Crippen molar-refractivity contribution in [1.29, 1.82) is 0 Å². The average molecular weight is 471 g/mol. The van der Waals surface area contributed by atoms with E-state index in [0.29, 0.717) is 24.5 Å². The lowest BCUT2D eigenvalue weighted by atomic mass is 10.1. The first-order valence-electron chi connectivity index (χ1n) is 10.2. The van der Waals surface area contributed by atoms with Gasteiger partial charge in [0.2, 0.25) is 0 Å². The highest BCUT2D eigenvalue weighted by atomic mass is 32.2. The lowest BCUT2D eigenvalue weighted by molar-refractivity contribution is 0.0697. The zero-order valence-corrected chi connectivity index (χ0v) is 19.4. The zero-order valence-electron chi connectivity index (χ0n) is 18.6. The number of carboxylic acid groups (broad SMARTS) is 1. The Labute approximate surface area is 193 Å². The molecule has 0 unspecified atom stereocenters. The maximum Gasteiger partial charge on any atom is 0.337 e. The van der Waals surface area contributed by atoms with E-state index in [4.69, 9.17) is 9.47 Å². The number of carbonyl (C=O) groups is 1. The molecule has 0 aliphatic rings. The maximum absolute atomic E-state index is 12.9. The van der Waals surface area contributed by atoms with Gasteiger partial charge < -0.3 is 19.5 Å². The summed E-state index contributed by atoms with van der Waals surface area (Å²) >= 11 is 0. The van der Waals surface area contributed by atoms with Gasteiger partial charge in [-0.3, -0.25) is 4.72 Å². The molecule has 0 radical (unpaired) electrons. The molecule has 3 aromatic rings. The van der Waals surface area contributed by atoms with Crippen LogP contribution in [0.15, 0.2) is 71.6 Å². The summed E-state index contributed by atoms with van der Waals surface area (Å²) in [6, 6.07) is 18.4. The van der Waals surface area contributed by atoms with Gasteiger partial charge in [-0.15, -0.1) is 0 Å². The zero-order chi connectivity index (χ0) is 24.0. The molecule has 0 saturated heterocycles. The summed E-state index contributed by atoms with van der Waals surface area (Å²) in [5, 5.41) is 9.81. The largest absolute Gasteiger partial charge is 0.493 e. The normalized spacial score (nSPS) is 11.0. The number of nitrogens with one attached hydrogen (secondary N) is 1. The van der Waals surface area contributed by atoms with Crippen molar-refractivity contribution in [2.24, 2.45) is 0 Å².